The van der Waals surface area contributed by atoms with Crippen molar-refractivity contribution in [1.29, 1.82) is 0 Å². The van der Waals surface area contributed by atoms with Crippen molar-refractivity contribution in [3.8, 4) is 0 Å². The van der Waals surface area contributed by atoms with Crippen LogP contribution in [-0.4, -0.2) is 35.1 Å². The van der Waals surface area contributed by atoms with Gasteiger partial charge in [0, 0.05) is 30.3 Å². The van der Waals surface area contributed by atoms with E-state index in [9.17, 15) is 9.59 Å². The second kappa shape index (κ2) is 13.8. The minimum absolute atomic E-state index is 0.0524. The number of halogens is 1. The zero-order valence-electron chi connectivity index (χ0n) is 19.5. The lowest BCUT2D eigenvalue weighted by Gasteiger charge is -2.31. The molecule has 0 saturated heterocycles. The highest BCUT2D eigenvalue weighted by molar-refractivity contribution is 7.99. The van der Waals surface area contributed by atoms with E-state index in [4.69, 9.17) is 11.6 Å². The lowest BCUT2D eigenvalue weighted by atomic mass is 10.0. The van der Waals surface area contributed by atoms with Gasteiger partial charge in [0.2, 0.25) is 11.8 Å². The number of nitrogens with zero attached hydrogens (tertiary/aromatic N) is 1. The van der Waals surface area contributed by atoms with Gasteiger partial charge in [-0.1, -0.05) is 91.3 Å². The molecule has 0 aliphatic heterocycles. The van der Waals surface area contributed by atoms with Gasteiger partial charge in [0.05, 0.1) is 5.75 Å². The van der Waals surface area contributed by atoms with E-state index < -0.39 is 6.04 Å². The molecular formula is C28H31ClN2O2S. The molecule has 4 nitrogen and oxygen atoms in total. The number of benzene rings is 3. The predicted octanol–water partition coefficient (Wildman–Crippen LogP) is 5.74. The van der Waals surface area contributed by atoms with Crippen LogP contribution in [-0.2, 0) is 28.3 Å². The van der Waals surface area contributed by atoms with Crippen molar-refractivity contribution in [2.75, 3.05) is 12.3 Å². The largest absolute Gasteiger partial charge is 0.354 e. The van der Waals surface area contributed by atoms with Crippen molar-refractivity contribution in [2.45, 2.75) is 38.1 Å². The number of hydrogen-bond acceptors (Lipinski definition) is 3. The summed E-state index contributed by atoms with van der Waals surface area (Å²) in [7, 11) is 0. The lowest BCUT2D eigenvalue weighted by molar-refractivity contribution is -0.139. The average molecular weight is 495 g/mol. The van der Waals surface area contributed by atoms with Gasteiger partial charge in [0.1, 0.15) is 6.04 Å². The first-order valence-corrected chi connectivity index (χ1v) is 13.1. The quantitative estimate of drug-likeness (QED) is 0.349. The molecule has 34 heavy (non-hydrogen) atoms. The number of rotatable bonds is 12. The normalized spacial score (nSPS) is 11.6. The van der Waals surface area contributed by atoms with Gasteiger partial charge < -0.3 is 10.2 Å². The van der Waals surface area contributed by atoms with Gasteiger partial charge in [-0.3, -0.25) is 9.59 Å². The third-order valence-corrected chi connectivity index (χ3v) is 6.66. The molecule has 1 atom stereocenters. The Morgan fingerprint density at radius 1 is 0.882 bits per heavy atom. The van der Waals surface area contributed by atoms with Crippen LogP contribution in [0.15, 0.2) is 84.9 Å². The Kier molecular flexibility index (Phi) is 10.5. The molecule has 1 N–H and O–H groups in total. The van der Waals surface area contributed by atoms with E-state index in [1.54, 1.807) is 16.7 Å². The van der Waals surface area contributed by atoms with Crippen LogP contribution in [0.4, 0.5) is 0 Å². The van der Waals surface area contributed by atoms with Crippen LogP contribution >= 0.6 is 23.4 Å². The molecule has 178 valence electrons. The highest BCUT2D eigenvalue weighted by Crippen LogP contribution is 2.19. The van der Waals surface area contributed by atoms with Crippen molar-refractivity contribution >= 4 is 35.2 Å². The lowest BCUT2D eigenvalue weighted by Crippen LogP contribution is -2.51. The van der Waals surface area contributed by atoms with Crippen molar-refractivity contribution in [3.63, 3.8) is 0 Å². The molecule has 0 heterocycles. The number of carbonyl (C=O) groups is 2. The molecule has 0 aliphatic rings. The van der Waals surface area contributed by atoms with Crippen LogP contribution in [0.2, 0.25) is 5.02 Å². The number of nitrogens with one attached hydrogen (secondary N) is 1. The van der Waals surface area contributed by atoms with Gasteiger partial charge in [-0.05, 0) is 35.2 Å². The first-order chi connectivity index (χ1) is 16.6. The van der Waals surface area contributed by atoms with Crippen LogP contribution in [0, 0.1) is 0 Å². The molecule has 3 aromatic rings. The van der Waals surface area contributed by atoms with Gasteiger partial charge in [0.25, 0.3) is 0 Å². The molecule has 0 fully saturated rings. The SMILES string of the molecule is CCCNC(=O)C(Cc1ccccc1)N(Cc1ccc(Cl)cc1)C(=O)CSCc1ccccc1. The van der Waals surface area contributed by atoms with E-state index in [1.165, 1.54) is 5.56 Å². The Bertz CT molecular complexity index is 1030. The molecule has 0 spiro atoms. The van der Waals surface area contributed by atoms with Crippen LogP contribution in [0.5, 0.6) is 0 Å². The Morgan fingerprint density at radius 3 is 2.12 bits per heavy atom. The summed E-state index contributed by atoms with van der Waals surface area (Å²) in [6, 6.07) is 26.8. The molecule has 0 aromatic heterocycles. The molecule has 3 aromatic carbocycles. The molecule has 0 saturated carbocycles. The highest BCUT2D eigenvalue weighted by Gasteiger charge is 2.30. The van der Waals surface area contributed by atoms with E-state index in [0.717, 1.165) is 23.3 Å². The van der Waals surface area contributed by atoms with Gasteiger partial charge >= 0.3 is 0 Å². The maximum atomic E-state index is 13.5. The maximum Gasteiger partial charge on any atom is 0.243 e. The summed E-state index contributed by atoms with van der Waals surface area (Å²) in [4.78, 5) is 28.5. The van der Waals surface area contributed by atoms with Crippen LogP contribution in [0.25, 0.3) is 0 Å². The summed E-state index contributed by atoms with van der Waals surface area (Å²) in [6.45, 7) is 2.94. The molecule has 0 aliphatic carbocycles. The highest BCUT2D eigenvalue weighted by atomic mass is 35.5. The van der Waals surface area contributed by atoms with Gasteiger partial charge in [-0.25, -0.2) is 0 Å². The topological polar surface area (TPSA) is 49.4 Å². The van der Waals surface area contributed by atoms with Crippen molar-refractivity contribution < 1.29 is 9.59 Å². The Hall–Kier alpha value is -2.76. The van der Waals surface area contributed by atoms with Crippen molar-refractivity contribution in [1.82, 2.24) is 10.2 Å². The fourth-order valence-corrected chi connectivity index (χ4v) is 4.62. The smallest absolute Gasteiger partial charge is 0.243 e. The molecule has 0 bridgehead atoms. The number of hydrogen-bond donors (Lipinski definition) is 1. The summed E-state index contributed by atoms with van der Waals surface area (Å²) in [5, 5.41) is 3.64. The molecule has 6 heteroatoms. The second-order valence-electron chi connectivity index (χ2n) is 8.12. The number of thioether (sulfide) groups is 1. The van der Waals surface area contributed by atoms with E-state index in [1.807, 2.05) is 79.7 Å². The molecule has 0 radical (unpaired) electrons. The summed E-state index contributed by atoms with van der Waals surface area (Å²) < 4.78 is 0. The van der Waals surface area contributed by atoms with Crippen molar-refractivity contribution in [3.05, 3.63) is 107 Å². The van der Waals surface area contributed by atoms with Crippen LogP contribution in [0.1, 0.15) is 30.0 Å². The fourth-order valence-electron chi connectivity index (χ4n) is 3.62. The van der Waals surface area contributed by atoms with E-state index in [0.29, 0.717) is 30.3 Å². The summed E-state index contributed by atoms with van der Waals surface area (Å²) in [5.41, 5.74) is 3.13. The van der Waals surface area contributed by atoms with Crippen molar-refractivity contribution in [2.24, 2.45) is 0 Å². The summed E-state index contributed by atoms with van der Waals surface area (Å²) >= 11 is 7.63. The van der Waals surface area contributed by atoms with Gasteiger partial charge in [0.15, 0.2) is 0 Å². The zero-order chi connectivity index (χ0) is 24.2. The number of carbonyl (C=O) groups excluding carboxylic acids is 2. The monoisotopic (exact) mass is 494 g/mol. The molecule has 1 unspecified atom stereocenters. The van der Waals surface area contributed by atoms with Gasteiger partial charge in [-0.15, -0.1) is 11.8 Å². The second-order valence-corrected chi connectivity index (χ2v) is 9.55. The van der Waals surface area contributed by atoms with Crippen LogP contribution in [0.3, 0.4) is 0 Å². The first-order valence-electron chi connectivity index (χ1n) is 11.5. The molecule has 3 rings (SSSR count). The molecular weight excluding hydrogens is 464 g/mol. The minimum atomic E-state index is -0.602. The average Bonchev–Trinajstić information content (AvgIpc) is 2.87. The van der Waals surface area contributed by atoms with E-state index in [-0.39, 0.29) is 11.8 Å². The maximum absolute atomic E-state index is 13.5. The Balaban J connectivity index is 1.82. The van der Waals surface area contributed by atoms with E-state index >= 15 is 0 Å². The Morgan fingerprint density at radius 2 is 1.50 bits per heavy atom. The third-order valence-electron chi connectivity index (χ3n) is 5.42. The Labute approximate surface area is 211 Å². The third kappa shape index (κ3) is 8.23. The minimum Gasteiger partial charge on any atom is -0.354 e. The molecule has 2 amide bonds. The predicted molar refractivity (Wildman–Crippen MR) is 142 cm³/mol. The fraction of sp³-hybridized carbons (Fsp3) is 0.286. The number of amides is 2. The zero-order valence-corrected chi connectivity index (χ0v) is 21.0. The standard InChI is InChI=1S/C28H31ClN2O2S/c1-2-17-30-28(33)26(18-22-9-5-3-6-10-22)31(19-23-13-15-25(29)16-14-23)27(32)21-34-20-24-11-7-4-8-12-24/h3-16,26H,2,17-21H2,1H3,(H,30,33). The van der Waals surface area contributed by atoms with Gasteiger partial charge in [-0.2, -0.15) is 0 Å². The van der Waals surface area contributed by atoms with E-state index in [2.05, 4.69) is 17.4 Å². The van der Waals surface area contributed by atoms with Crippen LogP contribution < -0.4 is 5.32 Å². The summed E-state index contributed by atoms with van der Waals surface area (Å²) in [5.74, 6) is 0.867. The summed E-state index contributed by atoms with van der Waals surface area (Å²) in [6.07, 6.45) is 1.29. The first kappa shape index (κ1) is 25.9.